The summed E-state index contributed by atoms with van der Waals surface area (Å²) in [5.41, 5.74) is 0.694. The minimum Gasteiger partial charge on any atom is -0.372 e. The van der Waals surface area contributed by atoms with Crippen LogP contribution in [-0.4, -0.2) is 27.7 Å². The molecule has 0 spiro atoms. The van der Waals surface area contributed by atoms with Gasteiger partial charge in [-0.15, -0.1) is 0 Å². The van der Waals surface area contributed by atoms with Gasteiger partial charge in [0.2, 0.25) is 0 Å². The SMILES string of the molecule is CNc1ncc(F)cc1C(=O)Nc1cnn(C(C)C)c1. The van der Waals surface area contributed by atoms with Crippen LogP contribution < -0.4 is 10.6 Å². The zero-order chi connectivity index (χ0) is 14.7. The standard InChI is InChI=1S/C13H16FN5O/c1-8(2)19-7-10(6-17-19)18-13(20)11-4-9(14)5-16-12(11)15-3/h4-8H,1-3H3,(H,15,16)(H,18,20). The Kier molecular flexibility index (Phi) is 3.97. The van der Waals surface area contributed by atoms with Gasteiger partial charge in [-0.2, -0.15) is 5.10 Å². The number of rotatable bonds is 4. The summed E-state index contributed by atoms with van der Waals surface area (Å²) in [6.45, 7) is 3.96. The van der Waals surface area contributed by atoms with Gasteiger partial charge in [0.15, 0.2) is 0 Å². The second kappa shape index (κ2) is 5.68. The molecule has 2 N–H and O–H groups in total. The van der Waals surface area contributed by atoms with Crippen molar-refractivity contribution in [3.8, 4) is 0 Å². The zero-order valence-corrected chi connectivity index (χ0v) is 11.5. The molecule has 106 valence electrons. The molecular weight excluding hydrogens is 261 g/mol. The van der Waals surface area contributed by atoms with Crippen LogP contribution in [0.15, 0.2) is 24.7 Å². The topological polar surface area (TPSA) is 71.8 Å². The molecule has 2 rings (SSSR count). The minimum atomic E-state index is -0.563. The van der Waals surface area contributed by atoms with Crippen LogP contribution in [0.25, 0.3) is 0 Å². The first kappa shape index (κ1) is 14.0. The van der Waals surface area contributed by atoms with E-state index in [1.807, 2.05) is 13.8 Å². The molecule has 0 aliphatic carbocycles. The van der Waals surface area contributed by atoms with E-state index in [9.17, 15) is 9.18 Å². The maximum absolute atomic E-state index is 13.2. The van der Waals surface area contributed by atoms with Crippen LogP contribution in [0.2, 0.25) is 0 Å². The Morgan fingerprint density at radius 1 is 1.40 bits per heavy atom. The molecule has 0 aliphatic rings. The van der Waals surface area contributed by atoms with Crippen LogP contribution in [0, 0.1) is 5.82 Å². The molecular formula is C13H16FN5O. The summed E-state index contributed by atoms with van der Waals surface area (Å²) in [6, 6.07) is 1.34. The van der Waals surface area contributed by atoms with Crippen molar-refractivity contribution in [1.29, 1.82) is 0 Å². The first-order valence-corrected chi connectivity index (χ1v) is 6.20. The lowest BCUT2D eigenvalue weighted by molar-refractivity contribution is 0.102. The summed E-state index contributed by atoms with van der Waals surface area (Å²) >= 11 is 0. The zero-order valence-electron chi connectivity index (χ0n) is 11.5. The molecule has 0 saturated heterocycles. The molecule has 0 bridgehead atoms. The number of aromatic nitrogens is 3. The number of hydrogen-bond donors (Lipinski definition) is 2. The Labute approximate surface area is 116 Å². The van der Waals surface area contributed by atoms with Crippen LogP contribution in [0.4, 0.5) is 15.9 Å². The third-order valence-electron chi connectivity index (χ3n) is 2.72. The first-order valence-electron chi connectivity index (χ1n) is 6.20. The van der Waals surface area contributed by atoms with Gasteiger partial charge in [-0.25, -0.2) is 9.37 Å². The summed E-state index contributed by atoms with van der Waals surface area (Å²) in [5.74, 6) is -0.683. The van der Waals surface area contributed by atoms with E-state index < -0.39 is 11.7 Å². The van der Waals surface area contributed by atoms with Gasteiger partial charge in [-0.05, 0) is 19.9 Å². The highest BCUT2D eigenvalue weighted by atomic mass is 19.1. The predicted molar refractivity (Wildman–Crippen MR) is 74.3 cm³/mol. The number of hydrogen-bond acceptors (Lipinski definition) is 4. The van der Waals surface area contributed by atoms with Gasteiger partial charge in [0.25, 0.3) is 5.91 Å². The maximum atomic E-state index is 13.2. The lowest BCUT2D eigenvalue weighted by Gasteiger charge is -2.08. The first-order chi connectivity index (χ1) is 9.51. The molecule has 0 unspecified atom stereocenters. The third-order valence-corrected chi connectivity index (χ3v) is 2.72. The van der Waals surface area contributed by atoms with Gasteiger partial charge in [0.05, 0.1) is 23.6 Å². The van der Waals surface area contributed by atoms with E-state index in [-0.39, 0.29) is 11.6 Å². The number of carbonyl (C=O) groups is 1. The molecule has 0 radical (unpaired) electrons. The van der Waals surface area contributed by atoms with E-state index in [0.29, 0.717) is 11.5 Å². The molecule has 0 saturated carbocycles. The van der Waals surface area contributed by atoms with Crippen LogP contribution in [0.5, 0.6) is 0 Å². The summed E-state index contributed by atoms with van der Waals surface area (Å²) < 4.78 is 14.9. The molecule has 1 amide bonds. The monoisotopic (exact) mass is 277 g/mol. The number of nitrogens with one attached hydrogen (secondary N) is 2. The van der Waals surface area contributed by atoms with Crippen molar-refractivity contribution in [2.75, 3.05) is 17.7 Å². The number of carbonyl (C=O) groups excluding carboxylic acids is 1. The summed E-state index contributed by atoms with van der Waals surface area (Å²) in [6.07, 6.45) is 4.32. The second-order valence-electron chi connectivity index (χ2n) is 4.56. The van der Waals surface area contributed by atoms with Gasteiger partial charge in [0.1, 0.15) is 11.6 Å². The highest BCUT2D eigenvalue weighted by Crippen LogP contribution is 2.16. The average molecular weight is 277 g/mol. The fourth-order valence-electron chi connectivity index (χ4n) is 1.69. The van der Waals surface area contributed by atoms with E-state index in [2.05, 4.69) is 20.7 Å². The van der Waals surface area contributed by atoms with Crippen molar-refractivity contribution in [2.24, 2.45) is 0 Å². The number of pyridine rings is 1. The fourth-order valence-corrected chi connectivity index (χ4v) is 1.69. The lowest BCUT2D eigenvalue weighted by Crippen LogP contribution is -2.15. The minimum absolute atomic E-state index is 0.143. The number of nitrogens with zero attached hydrogens (tertiary/aromatic N) is 3. The van der Waals surface area contributed by atoms with Gasteiger partial charge >= 0.3 is 0 Å². The van der Waals surface area contributed by atoms with Crippen LogP contribution in [0.3, 0.4) is 0 Å². The van der Waals surface area contributed by atoms with Crippen LogP contribution >= 0.6 is 0 Å². The number of amides is 1. The molecule has 0 atom stereocenters. The van der Waals surface area contributed by atoms with Crippen molar-refractivity contribution in [3.63, 3.8) is 0 Å². The number of anilines is 2. The molecule has 20 heavy (non-hydrogen) atoms. The van der Waals surface area contributed by atoms with Gasteiger partial charge < -0.3 is 10.6 Å². The van der Waals surface area contributed by atoms with E-state index in [0.717, 1.165) is 12.3 Å². The Balaban J connectivity index is 2.21. The Hall–Kier alpha value is -2.44. The van der Waals surface area contributed by atoms with Gasteiger partial charge in [-0.3, -0.25) is 9.48 Å². The van der Waals surface area contributed by atoms with Crippen molar-refractivity contribution >= 4 is 17.4 Å². The maximum Gasteiger partial charge on any atom is 0.259 e. The van der Waals surface area contributed by atoms with E-state index in [1.165, 1.54) is 0 Å². The molecule has 7 heteroatoms. The lowest BCUT2D eigenvalue weighted by atomic mass is 10.2. The fraction of sp³-hybridized carbons (Fsp3) is 0.308. The van der Waals surface area contributed by atoms with E-state index in [4.69, 9.17) is 0 Å². The second-order valence-corrected chi connectivity index (χ2v) is 4.56. The smallest absolute Gasteiger partial charge is 0.259 e. The van der Waals surface area contributed by atoms with Crippen LogP contribution in [-0.2, 0) is 0 Å². The third kappa shape index (κ3) is 2.93. The molecule has 0 aromatic carbocycles. The largest absolute Gasteiger partial charge is 0.372 e. The summed E-state index contributed by atoms with van der Waals surface area (Å²) in [5, 5.41) is 9.54. The molecule has 0 aliphatic heterocycles. The number of halogens is 1. The van der Waals surface area contributed by atoms with Crippen LogP contribution in [0.1, 0.15) is 30.2 Å². The van der Waals surface area contributed by atoms with E-state index >= 15 is 0 Å². The van der Waals surface area contributed by atoms with Crippen molar-refractivity contribution < 1.29 is 9.18 Å². The van der Waals surface area contributed by atoms with Crippen molar-refractivity contribution in [2.45, 2.75) is 19.9 Å². The molecule has 2 aromatic heterocycles. The average Bonchev–Trinajstić information content (AvgIpc) is 2.87. The summed E-state index contributed by atoms with van der Waals surface area (Å²) in [7, 11) is 1.62. The quantitative estimate of drug-likeness (QED) is 0.899. The highest BCUT2D eigenvalue weighted by Gasteiger charge is 2.14. The van der Waals surface area contributed by atoms with E-state index in [1.54, 1.807) is 24.1 Å². The molecule has 2 aromatic rings. The van der Waals surface area contributed by atoms with Crippen molar-refractivity contribution in [1.82, 2.24) is 14.8 Å². The Bertz CT molecular complexity index is 623. The normalized spacial score (nSPS) is 10.7. The van der Waals surface area contributed by atoms with Crippen molar-refractivity contribution in [3.05, 3.63) is 36.0 Å². The highest BCUT2D eigenvalue weighted by molar-refractivity contribution is 6.07. The molecule has 0 fully saturated rings. The predicted octanol–water partition coefficient (Wildman–Crippen LogP) is 2.29. The Morgan fingerprint density at radius 3 is 2.75 bits per heavy atom. The van der Waals surface area contributed by atoms with Gasteiger partial charge in [0, 0.05) is 19.3 Å². The molecule has 6 nitrogen and oxygen atoms in total. The Morgan fingerprint density at radius 2 is 2.15 bits per heavy atom. The molecule has 2 heterocycles. The van der Waals surface area contributed by atoms with Gasteiger partial charge in [-0.1, -0.05) is 0 Å². The summed E-state index contributed by atoms with van der Waals surface area (Å²) in [4.78, 5) is 16.0.